The lowest BCUT2D eigenvalue weighted by Crippen LogP contribution is -2.44. The molecule has 1 unspecified atom stereocenters. The summed E-state index contributed by atoms with van der Waals surface area (Å²) < 4.78 is 16.1. The molecule has 0 bridgehead atoms. The second-order valence-corrected chi connectivity index (χ2v) is 4.35. The zero-order chi connectivity index (χ0) is 15.4. The van der Waals surface area contributed by atoms with Gasteiger partial charge in [-0.2, -0.15) is 0 Å². The SMILES string of the molecule is CNC(=O)NC(=O)C(C)Oc1cc2c(cc1CN)OCO2. The molecule has 1 heterocycles. The highest BCUT2D eigenvalue weighted by atomic mass is 16.7. The number of amides is 3. The van der Waals surface area contributed by atoms with E-state index in [1.54, 1.807) is 12.1 Å². The number of hydrogen-bond acceptors (Lipinski definition) is 6. The molecule has 4 N–H and O–H groups in total. The Hall–Kier alpha value is -2.48. The predicted molar refractivity (Wildman–Crippen MR) is 73.1 cm³/mol. The number of fused-ring (bicyclic) bond motifs is 1. The highest BCUT2D eigenvalue weighted by Gasteiger charge is 2.22. The summed E-state index contributed by atoms with van der Waals surface area (Å²) in [5.74, 6) is 0.975. The standard InChI is InChI=1S/C13H17N3O5/c1-7(12(17)16-13(18)15-2)21-9-4-11-10(19-6-20-11)3-8(9)5-14/h3-4,7H,5-6,14H2,1-2H3,(H2,15,16,17,18). The van der Waals surface area contributed by atoms with Crippen LogP contribution < -0.4 is 30.6 Å². The molecule has 1 aliphatic heterocycles. The first-order chi connectivity index (χ1) is 10.0. The lowest BCUT2D eigenvalue weighted by molar-refractivity contribution is -0.126. The molecular formula is C13H17N3O5. The van der Waals surface area contributed by atoms with Crippen molar-refractivity contribution in [3.05, 3.63) is 17.7 Å². The van der Waals surface area contributed by atoms with Gasteiger partial charge in [0.1, 0.15) is 5.75 Å². The Balaban J connectivity index is 2.11. The van der Waals surface area contributed by atoms with Crippen molar-refractivity contribution in [1.29, 1.82) is 0 Å². The zero-order valence-corrected chi connectivity index (χ0v) is 11.8. The first kappa shape index (κ1) is 14.9. The van der Waals surface area contributed by atoms with Crippen LogP contribution in [0.25, 0.3) is 0 Å². The quantitative estimate of drug-likeness (QED) is 0.726. The van der Waals surface area contributed by atoms with Crippen LogP contribution in [0.5, 0.6) is 17.2 Å². The fraction of sp³-hybridized carbons (Fsp3) is 0.385. The molecule has 114 valence electrons. The van der Waals surface area contributed by atoms with E-state index in [-0.39, 0.29) is 13.3 Å². The highest BCUT2D eigenvalue weighted by molar-refractivity contribution is 5.96. The van der Waals surface area contributed by atoms with E-state index in [0.717, 1.165) is 0 Å². The van der Waals surface area contributed by atoms with Crippen LogP contribution in [0.15, 0.2) is 12.1 Å². The van der Waals surface area contributed by atoms with Crippen molar-refractivity contribution in [3.8, 4) is 17.2 Å². The fourth-order valence-corrected chi connectivity index (χ4v) is 1.75. The Morgan fingerprint density at radius 3 is 2.67 bits per heavy atom. The van der Waals surface area contributed by atoms with Crippen LogP contribution in [0.2, 0.25) is 0 Å². The van der Waals surface area contributed by atoms with Crippen molar-refractivity contribution in [3.63, 3.8) is 0 Å². The van der Waals surface area contributed by atoms with E-state index < -0.39 is 18.0 Å². The largest absolute Gasteiger partial charge is 0.480 e. The van der Waals surface area contributed by atoms with Crippen LogP contribution in [-0.2, 0) is 11.3 Å². The van der Waals surface area contributed by atoms with Gasteiger partial charge in [0.25, 0.3) is 5.91 Å². The van der Waals surface area contributed by atoms with Gasteiger partial charge in [-0.15, -0.1) is 0 Å². The molecule has 3 amide bonds. The number of imide groups is 1. The van der Waals surface area contributed by atoms with Gasteiger partial charge in [-0.25, -0.2) is 4.79 Å². The molecule has 1 aromatic rings. The maximum absolute atomic E-state index is 11.8. The summed E-state index contributed by atoms with van der Waals surface area (Å²) >= 11 is 0. The third-order valence-electron chi connectivity index (χ3n) is 2.91. The Kier molecular flexibility index (Phi) is 4.49. The van der Waals surface area contributed by atoms with E-state index in [9.17, 15) is 9.59 Å². The highest BCUT2D eigenvalue weighted by Crippen LogP contribution is 2.38. The minimum absolute atomic E-state index is 0.134. The van der Waals surface area contributed by atoms with E-state index in [1.165, 1.54) is 14.0 Å². The van der Waals surface area contributed by atoms with Gasteiger partial charge in [0, 0.05) is 25.2 Å². The smallest absolute Gasteiger partial charge is 0.321 e. The van der Waals surface area contributed by atoms with Crippen molar-refractivity contribution in [2.45, 2.75) is 19.6 Å². The molecule has 1 atom stereocenters. The van der Waals surface area contributed by atoms with Crippen LogP contribution in [0.1, 0.15) is 12.5 Å². The number of carbonyl (C=O) groups is 2. The normalized spacial score (nSPS) is 13.5. The number of urea groups is 1. The zero-order valence-electron chi connectivity index (χ0n) is 11.8. The van der Waals surface area contributed by atoms with Crippen molar-refractivity contribution in [2.75, 3.05) is 13.8 Å². The summed E-state index contributed by atoms with van der Waals surface area (Å²) in [4.78, 5) is 22.9. The lowest BCUT2D eigenvalue weighted by Gasteiger charge is -2.16. The summed E-state index contributed by atoms with van der Waals surface area (Å²) in [6, 6.07) is 2.73. The van der Waals surface area contributed by atoms with Crippen LogP contribution in [0.4, 0.5) is 4.79 Å². The van der Waals surface area contributed by atoms with Crippen molar-refractivity contribution in [2.24, 2.45) is 5.73 Å². The average Bonchev–Trinajstić information content (AvgIpc) is 2.93. The minimum atomic E-state index is -0.868. The van der Waals surface area contributed by atoms with Crippen molar-refractivity contribution < 1.29 is 23.8 Å². The number of ether oxygens (including phenoxy) is 3. The van der Waals surface area contributed by atoms with Crippen molar-refractivity contribution in [1.82, 2.24) is 10.6 Å². The first-order valence-electron chi connectivity index (χ1n) is 6.37. The second kappa shape index (κ2) is 6.31. The van der Waals surface area contributed by atoms with E-state index in [0.29, 0.717) is 22.8 Å². The van der Waals surface area contributed by atoms with Gasteiger partial charge in [0.2, 0.25) is 6.79 Å². The van der Waals surface area contributed by atoms with E-state index in [2.05, 4.69) is 10.6 Å². The molecule has 0 saturated carbocycles. The Morgan fingerprint density at radius 2 is 2.05 bits per heavy atom. The lowest BCUT2D eigenvalue weighted by atomic mass is 10.1. The molecule has 21 heavy (non-hydrogen) atoms. The molecule has 0 spiro atoms. The maximum Gasteiger partial charge on any atom is 0.321 e. The molecule has 1 aromatic carbocycles. The second-order valence-electron chi connectivity index (χ2n) is 4.35. The summed E-state index contributed by atoms with van der Waals surface area (Å²) in [5, 5.41) is 4.43. The van der Waals surface area contributed by atoms with Gasteiger partial charge in [-0.1, -0.05) is 0 Å². The van der Waals surface area contributed by atoms with E-state index in [1.807, 2.05) is 0 Å². The summed E-state index contributed by atoms with van der Waals surface area (Å²) in [6.45, 7) is 1.88. The van der Waals surface area contributed by atoms with Gasteiger partial charge < -0.3 is 25.3 Å². The number of nitrogens with two attached hydrogens (primary N) is 1. The molecule has 0 aliphatic carbocycles. The molecule has 1 aliphatic rings. The van der Waals surface area contributed by atoms with E-state index >= 15 is 0 Å². The summed E-state index contributed by atoms with van der Waals surface area (Å²) in [6.07, 6.45) is -0.868. The molecule has 0 aromatic heterocycles. The summed E-state index contributed by atoms with van der Waals surface area (Å²) in [7, 11) is 1.42. The van der Waals surface area contributed by atoms with Crippen LogP contribution >= 0.6 is 0 Å². The minimum Gasteiger partial charge on any atom is -0.480 e. The van der Waals surface area contributed by atoms with Gasteiger partial charge in [-0.05, 0) is 13.0 Å². The topological polar surface area (TPSA) is 112 Å². The Labute approximate surface area is 121 Å². The number of benzene rings is 1. The Morgan fingerprint density at radius 1 is 1.38 bits per heavy atom. The van der Waals surface area contributed by atoms with Gasteiger partial charge >= 0.3 is 6.03 Å². The molecule has 0 saturated heterocycles. The Bertz CT molecular complexity index is 561. The third-order valence-corrected chi connectivity index (χ3v) is 2.91. The van der Waals surface area contributed by atoms with Gasteiger partial charge in [0.05, 0.1) is 0 Å². The van der Waals surface area contributed by atoms with Gasteiger partial charge in [-0.3, -0.25) is 10.1 Å². The molecule has 8 heteroatoms. The average molecular weight is 295 g/mol. The number of carbonyl (C=O) groups excluding carboxylic acids is 2. The molecular weight excluding hydrogens is 278 g/mol. The predicted octanol–water partition coefficient (Wildman–Crippen LogP) is 0.0969. The molecule has 0 fully saturated rings. The van der Waals surface area contributed by atoms with Crippen molar-refractivity contribution >= 4 is 11.9 Å². The molecule has 0 radical (unpaired) electrons. The molecule has 2 rings (SSSR count). The molecule has 8 nitrogen and oxygen atoms in total. The van der Waals surface area contributed by atoms with Crippen LogP contribution in [-0.4, -0.2) is 31.9 Å². The number of nitrogens with one attached hydrogen (secondary N) is 2. The number of hydrogen-bond donors (Lipinski definition) is 3. The van der Waals surface area contributed by atoms with E-state index in [4.69, 9.17) is 19.9 Å². The van der Waals surface area contributed by atoms with Gasteiger partial charge in [0.15, 0.2) is 17.6 Å². The fourth-order valence-electron chi connectivity index (χ4n) is 1.75. The van der Waals surface area contributed by atoms with Crippen LogP contribution in [0, 0.1) is 0 Å². The summed E-state index contributed by atoms with van der Waals surface area (Å²) in [5.41, 5.74) is 6.34. The van der Waals surface area contributed by atoms with Crippen LogP contribution in [0.3, 0.4) is 0 Å². The maximum atomic E-state index is 11.8. The monoisotopic (exact) mass is 295 g/mol. The number of rotatable bonds is 4. The third kappa shape index (κ3) is 3.34. The first-order valence-corrected chi connectivity index (χ1v) is 6.37.